The Balaban J connectivity index is 2.06. The van der Waals surface area contributed by atoms with Crippen LogP contribution in [0.15, 0.2) is 48.8 Å². The first-order valence-electron chi connectivity index (χ1n) is 6.22. The number of carbonyl (C=O) groups is 1. The third-order valence-electron chi connectivity index (χ3n) is 3.19. The molecule has 19 heavy (non-hydrogen) atoms. The van der Waals surface area contributed by atoms with Crippen LogP contribution in [0, 0.1) is 6.92 Å². The molecule has 2 heterocycles. The van der Waals surface area contributed by atoms with E-state index in [0.717, 1.165) is 29.4 Å². The molecule has 0 N–H and O–H groups in total. The summed E-state index contributed by atoms with van der Waals surface area (Å²) in [6.07, 6.45) is 4.65. The van der Waals surface area contributed by atoms with Crippen molar-refractivity contribution in [2.24, 2.45) is 0 Å². The standard InChI is InChI=1S/C16H14N2O/c1-12-8-14(10-18-7-6-13(9-18)11-19)15-4-2-3-5-16(15)17-12/h2-9,11H,10H2,1H3. The average Bonchev–Trinajstić information content (AvgIpc) is 2.86. The van der Waals surface area contributed by atoms with Crippen molar-refractivity contribution in [3.05, 3.63) is 65.6 Å². The second-order valence-electron chi connectivity index (χ2n) is 4.67. The van der Waals surface area contributed by atoms with Gasteiger partial charge in [-0.15, -0.1) is 0 Å². The second-order valence-corrected chi connectivity index (χ2v) is 4.67. The quantitative estimate of drug-likeness (QED) is 0.669. The molecule has 1 aromatic carbocycles. The van der Waals surface area contributed by atoms with Gasteiger partial charge in [0.2, 0.25) is 0 Å². The van der Waals surface area contributed by atoms with Gasteiger partial charge in [-0.1, -0.05) is 18.2 Å². The third-order valence-corrected chi connectivity index (χ3v) is 3.19. The van der Waals surface area contributed by atoms with E-state index in [-0.39, 0.29) is 0 Å². The number of aldehydes is 1. The summed E-state index contributed by atoms with van der Waals surface area (Å²) >= 11 is 0. The van der Waals surface area contributed by atoms with Crippen molar-refractivity contribution >= 4 is 17.2 Å². The molecule has 2 aromatic heterocycles. The van der Waals surface area contributed by atoms with E-state index in [9.17, 15) is 4.79 Å². The highest BCUT2D eigenvalue weighted by molar-refractivity contribution is 5.82. The Kier molecular flexibility index (Phi) is 2.88. The number of hydrogen-bond acceptors (Lipinski definition) is 2. The number of rotatable bonds is 3. The number of aromatic nitrogens is 2. The van der Waals surface area contributed by atoms with Crippen molar-refractivity contribution in [1.82, 2.24) is 9.55 Å². The van der Waals surface area contributed by atoms with E-state index < -0.39 is 0 Å². The third kappa shape index (κ3) is 2.27. The molecule has 0 aliphatic carbocycles. The van der Waals surface area contributed by atoms with Crippen LogP contribution in [0.25, 0.3) is 10.9 Å². The fourth-order valence-corrected chi connectivity index (χ4v) is 2.35. The molecule has 3 heteroatoms. The van der Waals surface area contributed by atoms with Gasteiger partial charge in [0.25, 0.3) is 0 Å². The molecule has 0 fully saturated rings. The van der Waals surface area contributed by atoms with Gasteiger partial charge in [-0.3, -0.25) is 9.78 Å². The molecule has 94 valence electrons. The average molecular weight is 250 g/mol. The van der Waals surface area contributed by atoms with Crippen LogP contribution in [-0.4, -0.2) is 15.8 Å². The van der Waals surface area contributed by atoms with E-state index >= 15 is 0 Å². The second kappa shape index (κ2) is 4.69. The predicted molar refractivity (Wildman–Crippen MR) is 75.4 cm³/mol. The number of aryl methyl sites for hydroxylation is 1. The van der Waals surface area contributed by atoms with E-state index in [4.69, 9.17) is 0 Å². The number of fused-ring (bicyclic) bond motifs is 1. The molecule has 0 aliphatic rings. The number of para-hydroxylation sites is 1. The minimum atomic E-state index is 0.704. The highest BCUT2D eigenvalue weighted by Crippen LogP contribution is 2.19. The topological polar surface area (TPSA) is 34.9 Å². The van der Waals surface area contributed by atoms with Crippen LogP contribution >= 0.6 is 0 Å². The van der Waals surface area contributed by atoms with E-state index in [0.29, 0.717) is 5.56 Å². The summed E-state index contributed by atoms with van der Waals surface area (Å²) in [4.78, 5) is 15.2. The van der Waals surface area contributed by atoms with Gasteiger partial charge >= 0.3 is 0 Å². The summed E-state index contributed by atoms with van der Waals surface area (Å²) in [6.45, 7) is 2.75. The number of carbonyl (C=O) groups excluding carboxylic acids is 1. The normalized spacial score (nSPS) is 10.8. The van der Waals surface area contributed by atoms with Crippen molar-refractivity contribution in [1.29, 1.82) is 0 Å². The van der Waals surface area contributed by atoms with Crippen LogP contribution in [0.4, 0.5) is 0 Å². The van der Waals surface area contributed by atoms with Gasteiger partial charge in [-0.05, 0) is 30.7 Å². The highest BCUT2D eigenvalue weighted by Gasteiger charge is 2.04. The van der Waals surface area contributed by atoms with Gasteiger partial charge in [0.15, 0.2) is 6.29 Å². The molecular formula is C16H14N2O. The molecule has 0 aliphatic heterocycles. The van der Waals surface area contributed by atoms with Crippen LogP contribution in [0.5, 0.6) is 0 Å². The molecule has 0 atom stereocenters. The van der Waals surface area contributed by atoms with Gasteiger partial charge in [0, 0.05) is 35.6 Å². The Labute approximate surface area is 111 Å². The Morgan fingerprint density at radius 2 is 2.11 bits per heavy atom. The SMILES string of the molecule is Cc1cc(Cn2ccc(C=O)c2)c2ccccc2n1. The van der Waals surface area contributed by atoms with Crippen molar-refractivity contribution in [2.45, 2.75) is 13.5 Å². The summed E-state index contributed by atoms with van der Waals surface area (Å²) in [5.41, 5.74) is 3.95. The number of benzene rings is 1. The summed E-state index contributed by atoms with van der Waals surface area (Å²) in [6, 6.07) is 12.1. The number of pyridine rings is 1. The molecule has 3 aromatic rings. The lowest BCUT2D eigenvalue weighted by atomic mass is 10.1. The minimum Gasteiger partial charge on any atom is -0.349 e. The van der Waals surface area contributed by atoms with Crippen LogP contribution in [0.2, 0.25) is 0 Å². The Morgan fingerprint density at radius 3 is 2.89 bits per heavy atom. The largest absolute Gasteiger partial charge is 0.349 e. The van der Waals surface area contributed by atoms with Gasteiger partial charge in [0.1, 0.15) is 0 Å². The predicted octanol–water partition coefficient (Wildman–Crippen LogP) is 3.21. The molecule has 0 unspecified atom stereocenters. The van der Waals surface area contributed by atoms with Crippen LogP contribution in [0.1, 0.15) is 21.6 Å². The highest BCUT2D eigenvalue weighted by atomic mass is 16.1. The fraction of sp³-hybridized carbons (Fsp3) is 0.125. The summed E-state index contributed by atoms with van der Waals surface area (Å²) in [5.74, 6) is 0. The van der Waals surface area contributed by atoms with Gasteiger partial charge in [-0.25, -0.2) is 0 Å². The summed E-state index contributed by atoms with van der Waals surface area (Å²) < 4.78 is 2.02. The lowest BCUT2D eigenvalue weighted by Gasteiger charge is -2.08. The van der Waals surface area contributed by atoms with E-state index in [1.54, 1.807) is 0 Å². The zero-order valence-corrected chi connectivity index (χ0v) is 10.7. The van der Waals surface area contributed by atoms with Crippen LogP contribution < -0.4 is 0 Å². The Hall–Kier alpha value is -2.42. The molecular weight excluding hydrogens is 236 g/mol. The van der Waals surface area contributed by atoms with Crippen LogP contribution in [-0.2, 0) is 6.54 Å². The summed E-state index contributed by atoms with van der Waals surface area (Å²) in [5, 5.41) is 1.16. The molecule has 0 radical (unpaired) electrons. The van der Waals surface area contributed by atoms with Crippen molar-refractivity contribution < 1.29 is 4.79 Å². The zero-order chi connectivity index (χ0) is 13.2. The van der Waals surface area contributed by atoms with Gasteiger partial charge in [-0.2, -0.15) is 0 Å². The molecule has 0 amide bonds. The molecule has 0 spiro atoms. The number of hydrogen-bond donors (Lipinski definition) is 0. The van der Waals surface area contributed by atoms with Gasteiger partial charge < -0.3 is 4.57 Å². The maximum atomic E-state index is 10.7. The lowest BCUT2D eigenvalue weighted by Crippen LogP contribution is -1.99. The Bertz CT molecular complexity index is 743. The maximum absolute atomic E-state index is 10.7. The smallest absolute Gasteiger partial charge is 0.151 e. The van der Waals surface area contributed by atoms with Crippen LogP contribution in [0.3, 0.4) is 0 Å². The fourth-order valence-electron chi connectivity index (χ4n) is 2.35. The molecule has 3 rings (SSSR count). The molecule has 0 bridgehead atoms. The van der Waals surface area contributed by atoms with Crippen molar-refractivity contribution in [2.75, 3.05) is 0 Å². The summed E-state index contributed by atoms with van der Waals surface area (Å²) in [7, 11) is 0. The monoisotopic (exact) mass is 250 g/mol. The van der Waals surface area contributed by atoms with E-state index in [2.05, 4.69) is 17.1 Å². The van der Waals surface area contributed by atoms with Crippen molar-refractivity contribution in [3.8, 4) is 0 Å². The van der Waals surface area contributed by atoms with E-state index in [1.807, 2.05) is 48.1 Å². The maximum Gasteiger partial charge on any atom is 0.151 e. The zero-order valence-electron chi connectivity index (χ0n) is 10.7. The Morgan fingerprint density at radius 1 is 1.26 bits per heavy atom. The lowest BCUT2D eigenvalue weighted by molar-refractivity contribution is 0.112. The minimum absolute atomic E-state index is 0.704. The molecule has 0 saturated carbocycles. The number of nitrogens with zero attached hydrogens (tertiary/aromatic N) is 2. The van der Waals surface area contributed by atoms with E-state index in [1.165, 1.54) is 5.56 Å². The van der Waals surface area contributed by atoms with Gasteiger partial charge in [0.05, 0.1) is 5.52 Å². The first-order chi connectivity index (χ1) is 9.26. The molecule has 3 nitrogen and oxygen atoms in total. The first-order valence-corrected chi connectivity index (χ1v) is 6.22. The first kappa shape index (κ1) is 11.7. The van der Waals surface area contributed by atoms with Crippen molar-refractivity contribution in [3.63, 3.8) is 0 Å². The molecule has 0 saturated heterocycles.